The van der Waals surface area contributed by atoms with E-state index in [1.54, 1.807) is 25.1 Å². The molecule has 0 bridgehead atoms. The lowest BCUT2D eigenvalue weighted by Crippen LogP contribution is -2.09. The number of aliphatic imine (C=N–C) groups is 1. The molecule has 0 fully saturated rings. The number of imidazole rings is 1. The number of nitrogen functional groups attached to an aromatic ring is 1. The molecule has 140 valence electrons. The van der Waals surface area contributed by atoms with Crippen LogP contribution in [-0.2, 0) is 19.4 Å². The Morgan fingerprint density at radius 1 is 1.19 bits per heavy atom. The molecule has 0 atom stereocenters. The minimum atomic E-state index is 0.126. The molecule has 2 aromatic heterocycles. The van der Waals surface area contributed by atoms with Crippen LogP contribution in [0.2, 0.25) is 0 Å². The minimum absolute atomic E-state index is 0.126. The van der Waals surface area contributed by atoms with E-state index in [1.165, 1.54) is 0 Å². The zero-order chi connectivity index (χ0) is 19.4. The van der Waals surface area contributed by atoms with E-state index in [0.29, 0.717) is 30.1 Å². The molecule has 3 rings (SSSR count). The fourth-order valence-corrected chi connectivity index (χ4v) is 2.87. The topological polar surface area (TPSA) is 115 Å². The van der Waals surface area contributed by atoms with Crippen molar-refractivity contribution >= 4 is 17.6 Å². The first kappa shape index (κ1) is 18.5. The van der Waals surface area contributed by atoms with Gasteiger partial charge in [0.25, 0.3) is 5.95 Å². The predicted octanol–water partition coefficient (Wildman–Crippen LogP) is 2.61. The first-order chi connectivity index (χ1) is 13.0. The lowest BCUT2D eigenvalue weighted by Gasteiger charge is -2.07. The highest BCUT2D eigenvalue weighted by atomic mass is 16.3. The van der Waals surface area contributed by atoms with Crippen LogP contribution in [0.4, 0.5) is 11.9 Å². The van der Waals surface area contributed by atoms with Crippen LogP contribution in [0, 0.1) is 6.92 Å². The molecule has 3 aromatic rings. The van der Waals surface area contributed by atoms with Crippen LogP contribution >= 0.6 is 0 Å². The molecule has 0 unspecified atom stereocenters. The van der Waals surface area contributed by atoms with Gasteiger partial charge in [-0.15, -0.1) is 0 Å². The largest absolute Gasteiger partial charge is 0.507 e. The van der Waals surface area contributed by atoms with E-state index in [1.807, 2.05) is 19.2 Å². The van der Waals surface area contributed by atoms with Gasteiger partial charge in [-0.05, 0) is 26.0 Å². The van der Waals surface area contributed by atoms with Gasteiger partial charge in [0, 0.05) is 31.1 Å². The average molecular weight is 365 g/mol. The zero-order valence-corrected chi connectivity index (χ0v) is 15.7. The van der Waals surface area contributed by atoms with Crippen LogP contribution in [-0.4, -0.2) is 35.3 Å². The summed E-state index contributed by atoms with van der Waals surface area (Å²) < 4.78 is 2.10. The number of hydrogen-bond acceptors (Lipinski definition) is 7. The molecule has 8 heteroatoms. The number of benzene rings is 1. The van der Waals surface area contributed by atoms with Gasteiger partial charge in [-0.3, -0.25) is 0 Å². The number of nitrogens with zero attached hydrogens (tertiary/aromatic N) is 6. The van der Waals surface area contributed by atoms with E-state index >= 15 is 0 Å². The van der Waals surface area contributed by atoms with E-state index in [-0.39, 0.29) is 17.6 Å². The standard InChI is InChI=1S/C19H23N7O/c1-4-17-21-12(2)11-26(17)10-9-16-23-18(20)25-19(24-16)22-13(3)14-7-5-6-8-15(14)27/h5-8,11,27H,4,9-10H2,1-3H3,(H2,20,23,24,25)/b22-13+. The number of hydrogen-bond donors (Lipinski definition) is 2. The number of rotatable bonds is 6. The maximum atomic E-state index is 9.96. The summed E-state index contributed by atoms with van der Waals surface area (Å²) >= 11 is 0. The predicted molar refractivity (Wildman–Crippen MR) is 104 cm³/mol. The Morgan fingerprint density at radius 3 is 2.70 bits per heavy atom. The van der Waals surface area contributed by atoms with Gasteiger partial charge in [0.05, 0.1) is 11.4 Å². The quantitative estimate of drug-likeness (QED) is 0.649. The zero-order valence-electron chi connectivity index (χ0n) is 15.7. The van der Waals surface area contributed by atoms with E-state index in [2.05, 4.69) is 36.4 Å². The van der Waals surface area contributed by atoms with Gasteiger partial charge in [0.1, 0.15) is 17.4 Å². The van der Waals surface area contributed by atoms with Crippen molar-refractivity contribution in [3.05, 3.63) is 53.4 Å². The van der Waals surface area contributed by atoms with Crippen molar-refractivity contribution in [2.24, 2.45) is 4.99 Å². The molecule has 0 aliphatic heterocycles. The number of phenolic OH excluding ortho intramolecular Hbond substituents is 1. The van der Waals surface area contributed by atoms with Crippen LogP contribution in [0.5, 0.6) is 5.75 Å². The Kier molecular flexibility index (Phi) is 5.44. The van der Waals surface area contributed by atoms with Gasteiger partial charge in [-0.1, -0.05) is 19.1 Å². The van der Waals surface area contributed by atoms with Gasteiger partial charge in [-0.25, -0.2) is 9.98 Å². The highest BCUT2D eigenvalue weighted by molar-refractivity contribution is 6.02. The molecular weight excluding hydrogens is 342 g/mol. The van der Waals surface area contributed by atoms with Crippen molar-refractivity contribution in [2.45, 2.75) is 40.2 Å². The number of aromatic nitrogens is 5. The SMILES string of the molecule is CCc1nc(C)cn1CCc1nc(N)nc(/N=C(\C)c2ccccc2O)n1. The fourth-order valence-electron chi connectivity index (χ4n) is 2.87. The van der Waals surface area contributed by atoms with Gasteiger partial charge in [0.15, 0.2) is 0 Å². The van der Waals surface area contributed by atoms with Crippen LogP contribution in [0.15, 0.2) is 35.5 Å². The van der Waals surface area contributed by atoms with Gasteiger partial charge in [-0.2, -0.15) is 15.0 Å². The molecule has 0 radical (unpaired) electrons. The van der Waals surface area contributed by atoms with Crippen molar-refractivity contribution in [3.8, 4) is 5.75 Å². The summed E-state index contributed by atoms with van der Waals surface area (Å²) in [6.45, 7) is 6.55. The number of nitrogens with two attached hydrogens (primary N) is 1. The highest BCUT2D eigenvalue weighted by Crippen LogP contribution is 2.19. The Hall–Kier alpha value is -3.29. The van der Waals surface area contributed by atoms with Crippen molar-refractivity contribution in [2.75, 3.05) is 5.73 Å². The van der Waals surface area contributed by atoms with Crippen LogP contribution < -0.4 is 5.73 Å². The monoisotopic (exact) mass is 365 g/mol. The molecule has 0 saturated carbocycles. The molecule has 0 aliphatic rings. The number of aromatic hydroxyl groups is 1. The number of para-hydroxylation sites is 1. The average Bonchev–Trinajstić information content (AvgIpc) is 2.99. The van der Waals surface area contributed by atoms with E-state index in [9.17, 15) is 5.11 Å². The van der Waals surface area contributed by atoms with Gasteiger partial charge in [0.2, 0.25) is 5.95 Å². The summed E-state index contributed by atoms with van der Waals surface area (Å²) in [5.41, 5.74) is 8.05. The van der Waals surface area contributed by atoms with Gasteiger partial charge < -0.3 is 15.4 Å². The maximum Gasteiger partial charge on any atom is 0.254 e. The van der Waals surface area contributed by atoms with Gasteiger partial charge >= 0.3 is 0 Å². The lowest BCUT2D eigenvalue weighted by molar-refractivity contribution is 0.474. The molecule has 8 nitrogen and oxygen atoms in total. The Morgan fingerprint density at radius 2 is 1.96 bits per heavy atom. The second kappa shape index (κ2) is 7.94. The third-order valence-corrected chi connectivity index (χ3v) is 4.12. The number of anilines is 1. The van der Waals surface area contributed by atoms with Crippen molar-refractivity contribution in [3.63, 3.8) is 0 Å². The van der Waals surface area contributed by atoms with Crippen molar-refractivity contribution < 1.29 is 5.11 Å². The summed E-state index contributed by atoms with van der Waals surface area (Å²) in [7, 11) is 0. The Labute approximate surface area is 157 Å². The molecule has 0 spiro atoms. The summed E-state index contributed by atoms with van der Waals surface area (Å²) in [6.07, 6.45) is 3.47. The third-order valence-electron chi connectivity index (χ3n) is 4.12. The molecule has 2 heterocycles. The Balaban J connectivity index is 1.82. The second-order valence-corrected chi connectivity index (χ2v) is 6.22. The molecule has 3 N–H and O–H groups in total. The Bertz CT molecular complexity index is 978. The highest BCUT2D eigenvalue weighted by Gasteiger charge is 2.09. The molecule has 27 heavy (non-hydrogen) atoms. The van der Waals surface area contributed by atoms with Crippen LogP contribution in [0.25, 0.3) is 0 Å². The molecule has 1 aromatic carbocycles. The van der Waals surface area contributed by atoms with Crippen molar-refractivity contribution in [1.29, 1.82) is 0 Å². The van der Waals surface area contributed by atoms with Crippen molar-refractivity contribution in [1.82, 2.24) is 24.5 Å². The number of aryl methyl sites for hydroxylation is 4. The number of phenols is 1. The normalized spacial score (nSPS) is 11.7. The van der Waals surface area contributed by atoms with E-state index in [4.69, 9.17) is 5.73 Å². The van der Waals surface area contributed by atoms with E-state index in [0.717, 1.165) is 17.9 Å². The smallest absolute Gasteiger partial charge is 0.254 e. The lowest BCUT2D eigenvalue weighted by atomic mass is 10.1. The molecule has 0 saturated heterocycles. The molecule has 0 aliphatic carbocycles. The first-order valence-corrected chi connectivity index (χ1v) is 8.83. The minimum Gasteiger partial charge on any atom is -0.507 e. The van der Waals surface area contributed by atoms with E-state index < -0.39 is 0 Å². The second-order valence-electron chi connectivity index (χ2n) is 6.22. The molecule has 0 amide bonds. The summed E-state index contributed by atoms with van der Waals surface area (Å²) in [5, 5.41) is 9.96. The van der Waals surface area contributed by atoms with Crippen LogP contribution in [0.3, 0.4) is 0 Å². The third kappa shape index (κ3) is 4.46. The van der Waals surface area contributed by atoms with Crippen LogP contribution in [0.1, 0.15) is 36.8 Å². The molecular formula is C19H23N7O. The first-order valence-electron chi connectivity index (χ1n) is 8.83. The summed E-state index contributed by atoms with van der Waals surface area (Å²) in [5.74, 6) is 2.11. The maximum absolute atomic E-state index is 9.96. The summed E-state index contributed by atoms with van der Waals surface area (Å²) in [4.78, 5) is 21.6. The fraction of sp³-hybridized carbons (Fsp3) is 0.316. The summed E-state index contributed by atoms with van der Waals surface area (Å²) in [6, 6.07) is 6.99.